The summed E-state index contributed by atoms with van der Waals surface area (Å²) in [5.74, 6) is 1.35. The van der Waals surface area contributed by atoms with Crippen molar-refractivity contribution in [3.8, 4) is 5.69 Å². The Morgan fingerprint density at radius 3 is 2.33 bits per heavy atom. The van der Waals surface area contributed by atoms with Crippen molar-refractivity contribution in [1.29, 1.82) is 0 Å². The van der Waals surface area contributed by atoms with Crippen molar-refractivity contribution >= 4 is 5.91 Å². The monoisotopic (exact) mass is 422 g/mol. The van der Waals surface area contributed by atoms with Crippen LogP contribution in [0.15, 0.2) is 24.3 Å². The number of alkyl halides is 3. The molecule has 2 aliphatic rings. The molecule has 2 aromatic rings. The topological polar surface area (TPSA) is 67.2 Å². The van der Waals surface area contributed by atoms with E-state index in [1.807, 2.05) is 4.90 Å². The van der Waals surface area contributed by atoms with Gasteiger partial charge < -0.3 is 4.90 Å². The molecule has 30 heavy (non-hydrogen) atoms. The molecule has 4 rings (SSSR count). The fourth-order valence-electron chi connectivity index (χ4n) is 4.24. The number of carbonyl (C=O) groups excluding carboxylic acids is 1. The van der Waals surface area contributed by atoms with Gasteiger partial charge in [0.05, 0.1) is 17.8 Å². The van der Waals surface area contributed by atoms with Crippen LogP contribution in [0, 0.1) is 5.92 Å². The zero-order valence-corrected chi connectivity index (χ0v) is 16.7. The van der Waals surface area contributed by atoms with E-state index in [-0.39, 0.29) is 5.91 Å². The van der Waals surface area contributed by atoms with Gasteiger partial charge in [-0.05, 0) is 53.5 Å². The Morgan fingerprint density at radius 2 is 1.70 bits per heavy atom. The van der Waals surface area contributed by atoms with Gasteiger partial charge >= 0.3 is 6.18 Å². The normalized spacial score (nSPS) is 18.8. The summed E-state index contributed by atoms with van der Waals surface area (Å²) < 4.78 is 39.8. The summed E-state index contributed by atoms with van der Waals surface area (Å²) in [6.45, 7) is 3.26. The van der Waals surface area contributed by atoms with E-state index >= 15 is 0 Å². The Bertz CT molecular complexity index is 852. The number of rotatable bonds is 5. The maximum Gasteiger partial charge on any atom is 0.416 e. The number of halogens is 3. The zero-order chi connectivity index (χ0) is 21.1. The van der Waals surface area contributed by atoms with Gasteiger partial charge in [0.1, 0.15) is 0 Å². The average Bonchev–Trinajstić information content (AvgIpc) is 3.40. The summed E-state index contributed by atoms with van der Waals surface area (Å²) in [6.07, 6.45) is 1.08. The number of piperazine rings is 1. The molecule has 7 nitrogen and oxygen atoms in total. The van der Waals surface area contributed by atoms with Crippen LogP contribution in [0.3, 0.4) is 0 Å². The second-order valence-corrected chi connectivity index (χ2v) is 8.06. The molecule has 10 heteroatoms. The van der Waals surface area contributed by atoms with E-state index in [1.54, 1.807) is 0 Å². The van der Waals surface area contributed by atoms with Gasteiger partial charge in [-0.1, -0.05) is 12.8 Å². The van der Waals surface area contributed by atoms with Gasteiger partial charge in [0.25, 0.3) is 0 Å². The summed E-state index contributed by atoms with van der Waals surface area (Å²) in [7, 11) is 0. The van der Waals surface area contributed by atoms with Crippen molar-refractivity contribution < 1.29 is 18.0 Å². The molecule has 1 aromatic carbocycles. The third-order valence-corrected chi connectivity index (χ3v) is 6.00. The molecule has 1 aliphatic carbocycles. The molecular weight excluding hydrogens is 397 g/mol. The minimum absolute atomic E-state index is 0.246. The standard InChI is InChI=1S/C20H25F3N6O/c21-20(22,23)16-5-7-17(8-6-16)29-18(24-25-26-29)14-27-9-11-28(12-10-27)19(30)13-15-3-1-2-4-15/h5-8,15H,1-4,9-14H2. The Labute approximate surface area is 172 Å². The number of nitrogens with zero attached hydrogens (tertiary/aromatic N) is 6. The lowest BCUT2D eigenvalue weighted by molar-refractivity contribution is -0.137. The fraction of sp³-hybridized carbons (Fsp3) is 0.600. The number of amides is 1. The van der Waals surface area contributed by atoms with Crippen molar-refractivity contribution in [2.24, 2.45) is 5.92 Å². The van der Waals surface area contributed by atoms with Crippen LogP contribution in [-0.2, 0) is 17.5 Å². The van der Waals surface area contributed by atoms with E-state index in [1.165, 1.54) is 29.7 Å². The summed E-state index contributed by atoms with van der Waals surface area (Å²) >= 11 is 0. The lowest BCUT2D eigenvalue weighted by Gasteiger charge is -2.34. The van der Waals surface area contributed by atoms with E-state index < -0.39 is 11.7 Å². The number of carbonyl (C=O) groups is 1. The second kappa shape index (κ2) is 8.71. The molecule has 0 atom stereocenters. The number of hydrogen-bond donors (Lipinski definition) is 0. The largest absolute Gasteiger partial charge is 0.416 e. The maximum atomic E-state index is 12.8. The lowest BCUT2D eigenvalue weighted by Crippen LogP contribution is -2.48. The summed E-state index contributed by atoms with van der Waals surface area (Å²) in [5, 5.41) is 11.7. The number of benzene rings is 1. The third-order valence-electron chi connectivity index (χ3n) is 6.00. The molecule has 1 aromatic heterocycles. The minimum atomic E-state index is -4.38. The average molecular weight is 422 g/mol. The Hall–Kier alpha value is -2.49. The van der Waals surface area contributed by atoms with Crippen molar-refractivity contribution in [3.05, 3.63) is 35.7 Å². The number of hydrogen-bond acceptors (Lipinski definition) is 5. The molecular formula is C20H25F3N6O. The van der Waals surface area contributed by atoms with E-state index in [0.717, 1.165) is 38.1 Å². The second-order valence-electron chi connectivity index (χ2n) is 8.06. The predicted octanol–water partition coefficient (Wildman–Crippen LogP) is 2.91. The molecule has 1 amide bonds. The highest BCUT2D eigenvalue weighted by Crippen LogP contribution is 2.30. The highest BCUT2D eigenvalue weighted by Gasteiger charge is 2.30. The van der Waals surface area contributed by atoms with Gasteiger partial charge in [0.2, 0.25) is 5.91 Å². The van der Waals surface area contributed by atoms with Gasteiger partial charge in [-0.3, -0.25) is 9.69 Å². The molecule has 0 N–H and O–H groups in total. The molecule has 2 fully saturated rings. The molecule has 162 valence electrons. The molecule has 0 bridgehead atoms. The SMILES string of the molecule is O=C(CC1CCCC1)N1CCN(Cc2nnnn2-c2ccc(C(F)(F)F)cc2)CC1. The molecule has 1 saturated heterocycles. The molecule has 0 unspecified atom stereocenters. The highest BCUT2D eigenvalue weighted by molar-refractivity contribution is 5.76. The van der Waals surface area contributed by atoms with E-state index in [9.17, 15) is 18.0 Å². The van der Waals surface area contributed by atoms with Crippen LogP contribution in [0.25, 0.3) is 5.69 Å². The zero-order valence-electron chi connectivity index (χ0n) is 16.7. The van der Waals surface area contributed by atoms with Gasteiger partial charge in [0.15, 0.2) is 5.82 Å². The highest BCUT2D eigenvalue weighted by atomic mass is 19.4. The minimum Gasteiger partial charge on any atom is -0.340 e. The molecule has 1 aliphatic heterocycles. The first-order valence-corrected chi connectivity index (χ1v) is 10.3. The van der Waals surface area contributed by atoms with Crippen LogP contribution in [0.2, 0.25) is 0 Å². The van der Waals surface area contributed by atoms with Crippen molar-refractivity contribution in [2.75, 3.05) is 26.2 Å². The van der Waals surface area contributed by atoms with Crippen LogP contribution in [0.4, 0.5) is 13.2 Å². The third kappa shape index (κ3) is 4.80. The first-order valence-electron chi connectivity index (χ1n) is 10.3. The van der Waals surface area contributed by atoms with Crippen LogP contribution < -0.4 is 0 Å². The Kier molecular flexibility index (Phi) is 6.03. The van der Waals surface area contributed by atoms with E-state index in [2.05, 4.69) is 20.4 Å². The van der Waals surface area contributed by atoms with Crippen LogP contribution in [-0.4, -0.2) is 62.1 Å². The Morgan fingerprint density at radius 1 is 1.03 bits per heavy atom. The van der Waals surface area contributed by atoms with Crippen LogP contribution in [0.5, 0.6) is 0 Å². The number of tetrazole rings is 1. The smallest absolute Gasteiger partial charge is 0.340 e. The van der Waals surface area contributed by atoms with Crippen molar-refractivity contribution in [2.45, 2.75) is 44.8 Å². The first-order chi connectivity index (χ1) is 14.4. The molecule has 0 radical (unpaired) electrons. The van der Waals surface area contributed by atoms with E-state index in [0.29, 0.717) is 43.5 Å². The first kappa shape index (κ1) is 20.8. The van der Waals surface area contributed by atoms with Gasteiger partial charge in [-0.15, -0.1) is 5.10 Å². The Balaban J connectivity index is 1.33. The fourth-order valence-corrected chi connectivity index (χ4v) is 4.24. The molecule has 0 spiro atoms. The summed E-state index contributed by atoms with van der Waals surface area (Å²) in [4.78, 5) is 16.6. The predicted molar refractivity (Wildman–Crippen MR) is 103 cm³/mol. The quantitative estimate of drug-likeness (QED) is 0.741. The summed E-state index contributed by atoms with van der Waals surface area (Å²) in [5.41, 5.74) is -0.229. The van der Waals surface area contributed by atoms with Gasteiger partial charge in [-0.25, -0.2) is 0 Å². The number of aromatic nitrogens is 4. The molecule has 2 heterocycles. The van der Waals surface area contributed by atoms with Crippen molar-refractivity contribution in [1.82, 2.24) is 30.0 Å². The van der Waals surface area contributed by atoms with Crippen LogP contribution >= 0.6 is 0 Å². The lowest BCUT2D eigenvalue weighted by atomic mass is 10.0. The van der Waals surface area contributed by atoms with E-state index in [4.69, 9.17) is 0 Å². The van der Waals surface area contributed by atoms with Gasteiger partial charge in [-0.2, -0.15) is 17.9 Å². The van der Waals surface area contributed by atoms with Gasteiger partial charge in [0, 0.05) is 32.6 Å². The van der Waals surface area contributed by atoms with Crippen LogP contribution in [0.1, 0.15) is 43.5 Å². The molecule has 1 saturated carbocycles. The van der Waals surface area contributed by atoms with Crippen molar-refractivity contribution in [3.63, 3.8) is 0 Å². The maximum absolute atomic E-state index is 12.8. The summed E-state index contributed by atoms with van der Waals surface area (Å²) in [6, 6.07) is 4.77.